The van der Waals surface area contributed by atoms with E-state index in [0.29, 0.717) is 14.9 Å². The third-order valence-electron chi connectivity index (χ3n) is 3.47. The van der Waals surface area contributed by atoms with Crippen LogP contribution < -0.4 is 5.32 Å². The molecule has 0 saturated carbocycles. The number of aromatic hydroxyl groups is 1. The van der Waals surface area contributed by atoms with Crippen LogP contribution in [0.25, 0.3) is 6.08 Å². The minimum atomic E-state index is -0.365. The molecular weight excluding hydrogens is 436 g/mol. The largest absolute Gasteiger partial charge is 0.508 e. The molecule has 2 amide bonds. The lowest BCUT2D eigenvalue weighted by Gasteiger charge is -2.14. The van der Waals surface area contributed by atoms with Crippen molar-refractivity contribution < 1.29 is 14.7 Å². The van der Waals surface area contributed by atoms with Gasteiger partial charge in [-0.25, -0.2) is 0 Å². The molecule has 1 aliphatic heterocycles. The van der Waals surface area contributed by atoms with Crippen molar-refractivity contribution in [3.05, 3.63) is 63.5 Å². The van der Waals surface area contributed by atoms with Crippen molar-refractivity contribution in [2.45, 2.75) is 0 Å². The van der Waals surface area contributed by atoms with Gasteiger partial charge in [0.05, 0.1) is 4.91 Å². The lowest BCUT2D eigenvalue weighted by atomic mass is 10.2. The van der Waals surface area contributed by atoms with Gasteiger partial charge < -0.3 is 10.4 Å². The summed E-state index contributed by atoms with van der Waals surface area (Å²) >= 11 is 9.81. The number of hydrogen-bond acceptors (Lipinski definition) is 5. The number of hydrogen-bond donors (Lipinski definition) is 2. The van der Waals surface area contributed by atoms with Gasteiger partial charge >= 0.3 is 0 Å². The number of nitrogens with zero attached hydrogens (tertiary/aromatic N) is 1. The number of benzene rings is 2. The Labute approximate surface area is 168 Å². The Morgan fingerprint density at radius 3 is 2.69 bits per heavy atom. The van der Waals surface area contributed by atoms with Crippen molar-refractivity contribution in [2.24, 2.45) is 0 Å². The summed E-state index contributed by atoms with van der Waals surface area (Å²) in [5, 5.41) is 11.9. The van der Waals surface area contributed by atoms with Crippen molar-refractivity contribution in [3.63, 3.8) is 0 Å². The molecule has 1 aliphatic rings. The molecule has 2 aromatic rings. The van der Waals surface area contributed by atoms with E-state index in [1.165, 1.54) is 28.8 Å². The molecule has 0 unspecified atom stereocenters. The zero-order valence-electron chi connectivity index (χ0n) is 13.3. The number of anilines is 1. The second kappa shape index (κ2) is 8.03. The summed E-state index contributed by atoms with van der Waals surface area (Å²) in [4.78, 5) is 26.5. The van der Waals surface area contributed by atoms with Crippen LogP contribution in [0.1, 0.15) is 5.56 Å². The fraction of sp³-hybridized carbons (Fsp3) is 0.0556. The SMILES string of the molecule is O=C(CN1C(=O)/C(=C/c2cccc(Br)c2)SC1=S)Nc1ccc(O)cc1. The summed E-state index contributed by atoms with van der Waals surface area (Å²) in [7, 11) is 0. The molecule has 1 heterocycles. The van der Waals surface area contributed by atoms with Gasteiger partial charge in [0.25, 0.3) is 5.91 Å². The highest BCUT2D eigenvalue weighted by Gasteiger charge is 2.33. The molecule has 2 aromatic carbocycles. The zero-order chi connectivity index (χ0) is 18.7. The molecule has 5 nitrogen and oxygen atoms in total. The number of thioether (sulfide) groups is 1. The Hall–Kier alpha value is -2.16. The highest BCUT2D eigenvalue weighted by molar-refractivity contribution is 9.10. The minimum Gasteiger partial charge on any atom is -0.508 e. The average Bonchev–Trinajstić information content (AvgIpc) is 2.84. The Morgan fingerprint density at radius 2 is 2.00 bits per heavy atom. The molecule has 3 rings (SSSR count). The van der Waals surface area contributed by atoms with E-state index >= 15 is 0 Å². The lowest BCUT2D eigenvalue weighted by Crippen LogP contribution is -2.36. The fourth-order valence-electron chi connectivity index (χ4n) is 2.27. The highest BCUT2D eigenvalue weighted by Crippen LogP contribution is 2.32. The van der Waals surface area contributed by atoms with Crippen LogP contribution in [0, 0.1) is 0 Å². The summed E-state index contributed by atoms with van der Waals surface area (Å²) in [6.45, 7) is -0.165. The number of nitrogens with one attached hydrogen (secondary N) is 1. The Bertz CT molecular complexity index is 913. The summed E-state index contributed by atoms with van der Waals surface area (Å²) < 4.78 is 1.26. The van der Waals surface area contributed by atoms with Gasteiger partial charge in [-0.05, 0) is 48.0 Å². The van der Waals surface area contributed by atoms with Crippen LogP contribution >= 0.6 is 39.9 Å². The highest BCUT2D eigenvalue weighted by atomic mass is 79.9. The molecule has 0 aliphatic carbocycles. The first-order chi connectivity index (χ1) is 12.4. The molecular formula is C18H13BrN2O3S2. The van der Waals surface area contributed by atoms with Gasteiger partial charge in [0.15, 0.2) is 0 Å². The second-order valence-corrected chi connectivity index (χ2v) is 8.01. The predicted octanol–water partition coefficient (Wildman–Crippen LogP) is 3.99. The molecule has 0 bridgehead atoms. The van der Waals surface area contributed by atoms with Gasteiger partial charge in [-0.3, -0.25) is 14.5 Å². The minimum absolute atomic E-state index is 0.109. The number of halogens is 1. The summed E-state index contributed by atoms with van der Waals surface area (Å²) in [5.74, 6) is -0.547. The maximum absolute atomic E-state index is 12.6. The first-order valence-electron chi connectivity index (χ1n) is 7.52. The standard InChI is InChI=1S/C18H13BrN2O3S2/c19-12-3-1-2-11(8-12)9-15-17(24)21(18(25)26-15)10-16(23)20-13-4-6-14(22)7-5-13/h1-9,22H,10H2,(H,20,23)/b15-9-. The van der Waals surface area contributed by atoms with Gasteiger partial charge in [0.1, 0.15) is 16.6 Å². The van der Waals surface area contributed by atoms with Crippen LogP contribution in [-0.4, -0.2) is 32.7 Å². The Kier molecular flexibility index (Phi) is 5.75. The van der Waals surface area contributed by atoms with Crippen LogP contribution in [0.5, 0.6) is 5.75 Å². The zero-order valence-corrected chi connectivity index (χ0v) is 16.5. The molecule has 2 N–H and O–H groups in total. The summed E-state index contributed by atoms with van der Waals surface area (Å²) in [5.41, 5.74) is 1.40. The molecule has 0 atom stereocenters. The smallest absolute Gasteiger partial charge is 0.266 e. The Morgan fingerprint density at radius 1 is 1.27 bits per heavy atom. The number of carbonyl (C=O) groups is 2. The molecule has 1 saturated heterocycles. The van der Waals surface area contributed by atoms with Crippen LogP contribution in [-0.2, 0) is 9.59 Å². The first kappa shape index (κ1) is 18.6. The lowest BCUT2D eigenvalue weighted by molar-refractivity contribution is -0.126. The second-order valence-electron chi connectivity index (χ2n) is 5.42. The molecule has 0 aromatic heterocycles. The predicted molar refractivity (Wildman–Crippen MR) is 111 cm³/mol. The number of rotatable bonds is 4. The number of phenols is 1. The van der Waals surface area contributed by atoms with Crippen molar-refractivity contribution >= 4 is 67.8 Å². The molecule has 0 spiro atoms. The Balaban J connectivity index is 1.69. The van der Waals surface area contributed by atoms with E-state index in [-0.39, 0.29) is 24.1 Å². The van der Waals surface area contributed by atoms with Crippen molar-refractivity contribution in [1.82, 2.24) is 4.90 Å². The van der Waals surface area contributed by atoms with Crippen LogP contribution in [0.15, 0.2) is 57.9 Å². The molecule has 8 heteroatoms. The van der Waals surface area contributed by atoms with Gasteiger partial charge in [0, 0.05) is 10.2 Å². The van der Waals surface area contributed by atoms with E-state index in [9.17, 15) is 14.7 Å². The number of thiocarbonyl (C=S) groups is 1. The van der Waals surface area contributed by atoms with E-state index in [2.05, 4.69) is 21.2 Å². The van der Waals surface area contributed by atoms with Crippen molar-refractivity contribution in [2.75, 3.05) is 11.9 Å². The van der Waals surface area contributed by atoms with Crippen LogP contribution in [0.2, 0.25) is 0 Å². The van der Waals surface area contributed by atoms with E-state index < -0.39 is 0 Å². The van der Waals surface area contributed by atoms with Crippen molar-refractivity contribution in [1.29, 1.82) is 0 Å². The van der Waals surface area contributed by atoms with E-state index in [1.54, 1.807) is 18.2 Å². The van der Waals surface area contributed by atoms with E-state index in [4.69, 9.17) is 12.2 Å². The van der Waals surface area contributed by atoms with E-state index in [1.807, 2.05) is 24.3 Å². The monoisotopic (exact) mass is 448 g/mol. The summed E-state index contributed by atoms with van der Waals surface area (Å²) in [6, 6.07) is 13.6. The van der Waals surface area contributed by atoms with Crippen LogP contribution in [0.3, 0.4) is 0 Å². The third kappa shape index (κ3) is 4.51. The molecule has 1 fully saturated rings. The fourth-order valence-corrected chi connectivity index (χ4v) is 3.94. The quantitative estimate of drug-likeness (QED) is 0.420. The normalized spacial score (nSPS) is 15.6. The topological polar surface area (TPSA) is 69.6 Å². The first-order valence-corrected chi connectivity index (χ1v) is 9.54. The average molecular weight is 449 g/mol. The molecule has 26 heavy (non-hydrogen) atoms. The van der Waals surface area contributed by atoms with Gasteiger partial charge in [-0.2, -0.15) is 0 Å². The van der Waals surface area contributed by atoms with Gasteiger partial charge in [0.2, 0.25) is 5.91 Å². The molecule has 0 radical (unpaired) electrons. The maximum Gasteiger partial charge on any atom is 0.266 e. The molecule has 132 valence electrons. The van der Waals surface area contributed by atoms with E-state index in [0.717, 1.165) is 10.0 Å². The number of amides is 2. The van der Waals surface area contributed by atoms with Gasteiger partial charge in [-0.1, -0.05) is 52.0 Å². The van der Waals surface area contributed by atoms with Crippen LogP contribution in [0.4, 0.5) is 5.69 Å². The number of phenolic OH excluding ortho intramolecular Hbond substituents is 1. The number of carbonyl (C=O) groups excluding carboxylic acids is 2. The maximum atomic E-state index is 12.6. The van der Waals surface area contributed by atoms with Gasteiger partial charge in [-0.15, -0.1) is 0 Å². The summed E-state index contributed by atoms with van der Waals surface area (Å²) in [6.07, 6.45) is 1.75. The third-order valence-corrected chi connectivity index (χ3v) is 5.34. The van der Waals surface area contributed by atoms with Crippen molar-refractivity contribution in [3.8, 4) is 5.75 Å².